The summed E-state index contributed by atoms with van der Waals surface area (Å²) in [5.74, 6) is -0.813. The Morgan fingerprint density at radius 3 is 2.41 bits per heavy atom. The summed E-state index contributed by atoms with van der Waals surface area (Å²) in [7, 11) is 0. The van der Waals surface area contributed by atoms with E-state index < -0.39 is 18.0 Å². The van der Waals surface area contributed by atoms with Crippen LogP contribution in [0.15, 0.2) is 48.5 Å². The van der Waals surface area contributed by atoms with Crippen LogP contribution in [0, 0.1) is 0 Å². The van der Waals surface area contributed by atoms with E-state index in [9.17, 15) is 14.4 Å². The van der Waals surface area contributed by atoms with Gasteiger partial charge in [-0.05, 0) is 50.1 Å². The third kappa shape index (κ3) is 6.26. The first-order chi connectivity index (χ1) is 12.9. The third-order valence-corrected chi connectivity index (χ3v) is 3.90. The van der Waals surface area contributed by atoms with Gasteiger partial charge in [-0.1, -0.05) is 31.2 Å². The third-order valence-electron chi connectivity index (χ3n) is 3.90. The fraction of sp³-hybridized carbons (Fsp3) is 0.286. The van der Waals surface area contributed by atoms with Crippen molar-refractivity contribution in [3.63, 3.8) is 0 Å². The van der Waals surface area contributed by atoms with Gasteiger partial charge in [0, 0.05) is 11.3 Å². The minimum absolute atomic E-state index is 0.0970. The Morgan fingerprint density at radius 2 is 1.78 bits per heavy atom. The Hall–Kier alpha value is -3.15. The van der Waals surface area contributed by atoms with E-state index in [0.29, 0.717) is 17.0 Å². The summed E-state index contributed by atoms with van der Waals surface area (Å²) in [5.41, 5.74) is 2.29. The molecule has 1 atom stereocenters. The predicted molar refractivity (Wildman–Crippen MR) is 102 cm³/mol. The number of amides is 1. The second-order valence-electron chi connectivity index (χ2n) is 6.04. The van der Waals surface area contributed by atoms with Crippen molar-refractivity contribution >= 4 is 23.3 Å². The summed E-state index contributed by atoms with van der Waals surface area (Å²) >= 11 is 0. The monoisotopic (exact) mass is 369 g/mol. The van der Waals surface area contributed by atoms with Crippen LogP contribution in [0.4, 0.5) is 5.69 Å². The number of carbonyl (C=O) groups excluding carboxylic acids is 3. The van der Waals surface area contributed by atoms with E-state index in [0.717, 1.165) is 6.42 Å². The Bertz CT molecular complexity index is 814. The highest BCUT2D eigenvalue weighted by atomic mass is 16.6. The van der Waals surface area contributed by atoms with Crippen LogP contribution >= 0.6 is 0 Å². The Kier molecular flexibility index (Phi) is 7.11. The SMILES string of the molecule is CCc1ccc(NC(=O)[C@H](C)OC(=O)COc2cccc(C(C)=O)c2)cc1. The molecule has 0 aromatic heterocycles. The standard InChI is InChI=1S/C21H23NO5/c1-4-16-8-10-18(11-9-16)22-21(25)15(3)27-20(24)13-26-19-7-5-6-17(12-19)14(2)23/h5-12,15H,4,13H2,1-3H3,(H,22,25)/t15-/m0/s1. The summed E-state index contributed by atoms with van der Waals surface area (Å²) in [4.78, 5) is 35.4. The Labute approximate surface area is 158 Å². The molecule has 0 heterocycles. The molecule has 2 aromatic carbocycles. The van der Waals surface area contributed by atoms with Gasteiger partial charge >= 0.3 is 5.97 Å². The van der Waals surface area contributed by atoms with Crippen molar-refractivity contribution in [3.05, 3.63) is 59.7 Å². The van der Waals surface area contributed by atoms with Crippen LogP contribution in [0.25, 0.3) is 0 Å². The van der Waals surface area contributed by atoms with E-state index >= 15 is 0 Å². The zero-order valence-corrected chi connectivity index (χ0v) is 15.7. The minimum atomic E-state index is -0.962. The maximum absolute atomic E-state index is 12.1. The van der Waals surface area contributed by atoms with Crippen molar-refractivity contribution in [2.75, 3.05) is 11.9 Å². The molecule has 0 aliphatic carbocycles. The molecule has 0 aliphatic rings. The van der Waals surface area contributed by atoms with Gasteiger partial charge in [0.05, 0.1) is 0 Å². The molecule has 0 spiro atoms. The van der Waals surface area contributed by atoms with Gasteiger partial charge in [-0.25, -0.2) is 4.79 Å². The Balaban J connectivity index is 1.82. The number of nitrogens with one attached hydrogen (secondary N) is 1. The highest BCUT2D eigenvalue weighted by Gasteiger charge is 2.18. The van der Waals surface area contributed by atoms with Crippen LogP contribution in [0.5, 0.6) is 5.75 Å². The second-order valence-corrected chi connectivity index (χ2v) is 6.04. The number of anilines is 1. The van der Waals surface area contributed by atoms with Crippen molar-refractivity contribution < 1.29 is 23.9 Å². The lowest BCUT2D eigenvalue weighted by Crippen LogP contribution is -2.31. The lowest BCUT2D eigenvalue weighted by Gasteiger charge is -2.14. The number of benzene rings is 2. The molecule has 2 aromatic rings. The maximum atomic E-state index is 12.1. The molecule has 2 rings (SSSR count). The molecule has 0 radical (unpaired) electrons. The summed E-state index contributed by atoms with van der Waals surface area (Å²) in [6.07, 6.45) is -0.0482. The number of hydrogen-bond acceptors (Lipinski definition) is 5. The van der Waals surface area contributed by atoms with E-state index in [1.807, 2.05) is 19.1 Å². The predicted octanol–water partition coefficient (Wildman–Crippen LogP) is 3.40. The van der Waals surface area contributed by atoms with Crippen LogP contribution in [-0.4, -0.2) is 30.4 Å². The number of Topliss-reactive ketones (excluding diaryl/α,β-unsaturated/α-hetero) is 1. The molecule has 0 saturated carbocycles. The molecule has 1 N–H and O–H groups in total. The molecule has 1 amide bonds. The van der Waals surface area contributed by atoms with Crippen molar-refractivity contribution in [1.82, 2.24) is 0 Å². The first-order valence-corrected chi connectivity index (χ1v) is 8.72. The van der Waals surface area contributed by atoms with E-state index in [1.54, 1.807) is 36.4 Å². The lowest BCUT2D eigenvalue weighted by atomic mass is 10.1. The number of rotatable bonds is 8. The quantitative estimate of drug-likeness (QED) is 0.570. The van der Waals surface area contributed by atoms with E-state index in [4.69, 9.17) is 9.47 Å². The molecule has 6 heteroatoms. The average molecular weight is 369 g/mol. The van der Waals surface area contributed by atoms with Gasteiger partial charge in [-0.15, -0.1) is 0 Å². The van der Waals surface area contributed by atoms with Gasteiger partial charge in [0.15, 0.2) is 18.5 Å². The summed E-state index contributed by atoms with van der Waals surface area (Å²) in [5, 5.41) is 2.70. The summed E-state index contributed by atoms with van der Waals surface area (Å²) < 4.78 is 10.4. The molecule has 27 heavy (non-hydrogen) atoms. The highest BCUT2D eigenvalue weighted by molar-refractivity contribution is 5.95. The molecule has 0 unspecified atom stereocenters. The van der Waals surface area contributed by atoms with Crippen molar-refractivity contribution in [2.24, 2.45) is 0 Å². The maximum Gasteiger partial charge on any atom is 0.344 e. The number of ketones is 1. The molecular weight excluding hydrogens is 346 g/mol. The first-order valence-electron chi connectivity index (χ1n) is 8.72. The number of carbonyl (C=O) groups is 3. The zero-order valence-electron chi connectivity index (χ0n) is 15.7. The van der Waals surface area contributed by atoms with Crippen LogP contribution in [0.1, 0.15) is 36.7 Å². The Morgan fingerprint density at radius 1 is 1.07 bits per heavy atom. The number of aryl methyl sites for hydroxylation is 1. The smallest absolute Gasteiger partial charge is 0.344 e. The normalized spacial score (nSPS) is 11.4. The van der Waals surface area contributed by atoms with E-state index in [2.05, 4.69) is 5.32 Å². The van der Waals surface area contributed by atoms with Gasteiger partial charge in [0.25, 0.3) is 5.91 Å². The lowest BCUT2D eigenvalue weighted by molar-refractivity contribution is -0.155. The van der Waals surface area contributed by atoms with Crippen LogP contribution < -0.4 is 10.1 Å². The van der Waals surface area contributed by atoms with E-state index in [1.165, 1.54) is 19.4 Å². The second kappa shape index (κ2) is 9.52. The zero-order chi connectivity index (χ0) is 19.8. The van der Waals surface area contributed by atoms with Gasteiger partial charge in [-0.2, -0.15) is 0 Å². The van der Waals surface area contributed by atoms with Gasteiger partial charge in [0.2, 0.25) is 0 Å². The molecule has 0 saturated heterocycles. The average Bonchev–Trinajstić information content (AvgIpc) is 2.67. The van der Waals surface area contributed by atoms with Crippen molar-refractivity contribution in [3.8, 4) is 5.75 Å². The first kappa shape index (κ1) is 20.2. The number of esters is 1. The summed E-state index contributed by atoms with van der Waals surface area (Å²) in [6, 6.07) is 14.0. The largest absolute Gasteiger partial charge is 0.482 e. The van der Waals surface area contributed by atoms with Crippen LogP contribution in [0.2, 0.25) is 0 Å². The molecule has 0 bridgehead atoms. The van der Waals surface area contributed by atoms with Gasteiger partial charge in [-0.3, -0.25) is 9.59 Å². The molecule has 0 fully saturated rings. The topological polar surface area (TPSA) is 81.7 Å². The number of hydrogen-bond donors (Lipinski definition) is 1. The minimum Gasteiger partial charge on any atom is -0.482 e. The molecule has 142 valence electrons. The fourth-order valence-electron chi connectivity index (χ4n) is 2.30. The fourth-order valence-corrected chi connectivity index (χ4v) is 2.30. The number of ether oxygens (including phenoxy) is 2. The van der Waals surface area contributed by atoms with Crippen LogP contribution in [-0.2, 0) is 20.7 Å². The van der Waals surface area contributed by atoms with Crippen molar-refractivity contribution in [2.45, 2.75) is 33.3 Å². The van der Waals surface area contributed by atoms with E-state index in [-0.39, 0.29) is 12.4 Å². The highest BCUT2D eigenvalue weighted by Crippen LogP contribution is 2.14. The molecule has 0 aliphatic heterocycles. The van der Waals surface area contributed by atoms with Crippen LogP contribution in [0.3, 0.4) is 0 Å². The molecule has 6 nitrogen and oxygen atoms in total. The van der Waals surface area contributed by atoms with Gasteiger partial charge < -0.3 is 14.8 Å². The summed E-state index contributed by atoms with van der Waals surface area (Å²) in [6.45, 7) is 4.63. The van der Waals surface area contributed by atoms with Crippen molar-refractivity contribution in [1.29, 1.82) is 0 Å². The van der Waals surface area contributed by atoms with Gasteiger partial charge in [0.1, 0.15) is 5.75 Å². The molecular formula is C21H23NO5.